The van der Waals surface area contributed by atoms with Crippen LogP contribution < -0.4 is 5.32 Å². The van der Waals surface area contributed by atoms with Gasteiger partial charge in [0.05, 0.1) is 0 Å². The van der Waals surface area contributed by atoms with Crippen LogP contribution in [-0.2, 0) is 17.6 Å². The van der Waals surface area contributed by atoms with E-state index in [0.29, 0.717) is 13.0 Å². The van der Waals surface area contributed by atoms with E-state index in [4.69, 9.17) is 11.6 Å². The molecule has 0 bridgehead atoms. The third-order valence-electron chi connectivity index (χ3n) is 3.13. The normalized spacial score (nSPS) is 10.2. The Labute approximate surface area is 124 Å². The lowest BCUT2D eigenvalue weighted by molar-refractivity contribution is -0.121. The van der Waals surface area contributed by atoms with Gasteiger partial charge in [-0.3, -0.25) is 4.79 Å². The number of benzene rings is 2. The zero-order chi connectivity index (χ0) is 14.2. The van der Waals surface area contributed by atoms with Crippen LogP contribution in [0.2, 0.25) is 5.02 Å². The van der Waals surface area contributed by atoms with Crippen molar-refractivity contribution in [3.05, 3.63) is 70.7 Å². The second-order valence-electron chi connectivity index (χ2n) is 4.71. The summed E-state index contributed by atoms with van der Waals surface area (Å²) in [6.07, 6.45) is 2.15. The lowest BCUT2D eigenvalue weighted by Crippen LogP contribution is -2.25. The lowest BCUT2D eigenvalue weighted by atomic mass is 10.1. The minimum atomic E-state index is 0.0998. The van der Waals surface area contributed by atoms with E-state index in [9.17, 15) is 4.79 Å². The maximum absolute atomic E-state index is 11.7. The van der Waals surface area contributed by atoms with Gasteiger partial charge >= 0.3 is 0 Å². The fourth-order valence-corrected chi connectivity index (χ4v) is 2.11. The molecule has 0 saturated heterocycles. The van der Waals surface area contributed by atoms with Crippen molar-refractivity contribution >= 4 is 17.5 Å². The van der Waals surface area contributed by atoms with Crippen molar-refractivity contribution in [2.45, 2.75) is 19.3 Å². The van der Waals surface area contributed by atoms with E-state index in [2.05, 4.69) is 5.32 Å². The van der Waals surface area contributed by atoms with Crippen molar-refractivity contribution in [2.75, 3.05) is 6.54 Å². The number of carbonyl (C=O) groups excluding carboxylic acids is 1. The minimum Gasteiger partial charge on any atom is -0.356 e. The predicted octanol–water partition coefficient (Wildman–Crippen LogP) is 3.63. The summed E-state index contributed by atoms with van der Waals surface area (Å²) in [5.41, 5.74) is 2.37. The fourth-order valence-electron chi connectivity index (χ4n) is 1.99. The highest BCUT2D eigenvalue weighted by Gasteiger charge is 2.01. The molecular weight excluding hydrogens is 270 g/mol. The summed E-state index contributed by atoms with van der Waals surface area (Å²) in [5.74, 6) is 0.0998. The molecule has 20 heavy (non-hydrogen) atoms. The van der Waals surface area contributed by atoms with Crippen LogP contribution in [0.25, 0.3) is 0 Å². The summed E-state index contributed by atoms with van der Waals surface area (Å²) in [7, 11) is 0. The highest BCUT2D eigenvalue weighted by molar-refractivity contribution is 6.30. The first-order valence-corrected chi connectivity index (χ1v) is 7.17. The van der Waals surface area contributed by atoms with Crippen molar-refractivity contribution in [3.8, 4) is 0 Å². The number of rotatable bonds is 6. The molecule has 0 heterocycles. The Morgan fingerprint density at radius 3 is 2.25 bits per heavy atom. The van der Waals surface area contributed by atoms with Crippen LogP contribution in [0, 0.1) is 0 Å². The van der Waals surface area contributed by atoms with Gasteiger partial charge in [-0.05, 0) is 36.1 Å². The van der Waals surface area contributed by atoms with E-state index in [1.165, 1.54) is 11.1 Å². The molecule has 104 valence electrons. The molecule has 0 fully saturated rings. The van der Waals surface area contributed by atoms with Gasteiger partial charge in [0.25, 0.3) is 0 Å². The van der Waals surface area contributed by atoms with Crippen molar-refractivity contribution < 1.29 is 4.79 Å². The van der Waals surface area contributed by atoms with E-state index in [1.54, 1.807) is 0 Å². The van der Waals surface area contributed by atoms with Crippen LogP contribution in [0.3, 0.4) is 0 Å². The molecule has 0 aliphatic carbocycles. The number of halogens is 1. The third-order valence-corrected chi connectivity index (χ3v) is 3.38. The Bertz CT molecular complexity index is 537. The van der Waals surface area contributed by atoms with Crippen LogP contribution >= 0.6 is 11.6 Å². The number of carbonyl (C=O) groups is 1. The van der Waals surface area contributed by atoms with E-state index < -0.39 is 0 Å². The molecule has 2 aromatic rings. The Kier molecular flexibility index (Phi) is 5.63. The smallest absolute Gasteiger partial charge is 0.220 e. The predicted molar refractivity (Wildman–Crippen MR) is 82.9 cm³/mol. The molecule has 3 heteroatoms. The zero-order valence-electron chi connectivity index (χ0n) is 11.3. The number of amides is 1. The average molecular weight is 288 g/mol. The van der Waals surface area contributed by atoms with Gasteiger partial charge in [-0.1, -0.05) is 54.1 Å². The molecule has 2 nitrogen and oxygen atoms in total. The largest absolute Gasteiger partial charge is 0.356 e. The Morgan fingerprint density at radius 1 is 0.900 bits per heavy atom. The number of hydrogen-bond acceptors (Lipinski definition) is 1. The first-order valence-electron chi connectivity index (χ1n) is 6.79. The van der Waals surface area contributed by atoms with Crippen LogP contribution in [0.5, 0.6) is 0 Å². The summed E-state index contributed by atoms with van der Waals surface area (Å²) in [6.45, 7) is 0.662. The molecule has 1 N–H and O–H groups in total. The standard InChI is InChI=1S/C17H18ClNO/c18-16-9-6-15(7-10-16)12-13-19-17(20)11-8-14-4-2-1-3-5-14/h1-7,9-10H,8,11-13H2,(H,19,20). The van der Waals surface area contributed by atoms with Crippen molar-refractivity contribution in [2.24, 2.45) is 0 Å². The molecule has 0 saturated carbocycles. The third kappa shape index (κ3) is 5.06. The van der Waals surface area contributed by atoms with Crippen molar-refractivity contribution in [3.63, 3.8) is 0 Å². The first-order chi connectivity index (χ1) is 9.74. The highest BCUT2D eigenvalue weighted by atomic mass is 35.5. The molecule has 0 aliphatic heterocycles. The second kappa shape index (κ2) is 7.71. The van der Waals surface area contributed by atoms with E-state index in [0.717, 1.165) is 17.9 Å². The van der Waals surface area contributed by atoms with E-state index in [1.807, 2.05) is 54.6 Å². The number of aryl methyl sites for hydroxylation is 1. The van der Waals surface area contributed by atoms with Gasteiger partial charge in [-0.2, -0.15) is 0 Å². The maximum atomic E-state index is 11.7. The average Bonchev–Trinajstić information content (AvgIpc) is 2.48. The minimum absolute atomic E-state index is 0.0998. The molecular formula is C17H18ClNO. The van der Waals surface area contributed by atoms with Crippen molar-refractivity contribution in [1.29, 1.82) is 0 Å². The molecule has 0 radical (unpaired) electrons. The zero-order valence-corrected chi connectivity index (χ0v) is 12.1. The Hall–Kier alpha value is -1.80. The quantitative estimate of drug-likeness (QED) is 0.864. The highest BCUT2D eigenvalue weighted by Crippen LogP contribution is 2.09. The van der Waals surface area contributed by atoms with Gasteiger partial charge < -0.3 is 5.32 Å². The lowest BCUT2D eigenvalue weighted by Gasteiger charge is -2.06. The summed E-state index contributed by atoms with van der Waals surface area (Å²) in [4.78, 5) is 11.7. The van der Waals surface area contributed by atoms with Gasteiger partial charge in [0.1, 0.15) is 0 Å². The van der Waals surface area contributed by atoms with Gasteiger partial charge in [0.15, 0.2) is 0 Å². The molecule has 0 aliphatic rings. The Balaban J connectivity index is 1.66. The molecule has 0 spiro atoms. The monoisotopic (exact) mass is 287 g/mol. The topological polar surface area (TPSA) is 29.1 Å². The van der Waals surface area contributed by atoms with Crippen molar-refractivity contribution in [1.82, 2.24) is 5.32 Å². The van der Waals surface area contributed by atoms with Gasteiger partial charge in [-0.15, -0.1) is 0 Å². The van der Waals surface area contributed by atoms with Crippen LogP contribution in [0.1, 0.15) is 17.5 Å². The molecule has 0 aromatic heterocycles. The number of nitrogens with one attached hydrogen (secondary N) is 1. The molecule has 2 rings (SSSR count). The SMILES string of the molecule is O=C(CCc1ccccc1)NCCc1ccc(Cl)cc1. The number of hydrogen-bond donors (Lipinski definition) is 1. The van der Waals surface area contributed by atoms with Gasteiger partial charge in [0, 0.05) is 18.0 Å². The van der Waals surface area contributed by atoms with Crippen LogP contribution in [0.15, 0.2) is 54.6 Å². The van der Waals surface area contributed by atoms with Crippen LogP contribution in [0.4, 0.5) is 0 Å². The van der Waals surface area contributed by atoms with Crippen LogP contribution in [-0.4, -0.2) is 12.5 Å². The summed E-state index contributed by atoms with van der Waals surface area (Å²) in [6, 6.07) is 17.8. The van der Waals surface area contributed by atoms with Gasteiger partial charge in [0.2, 0.25) is 5.91 Å². The molecule has 1 amide bonds. The summed E-state index contributed by atoms with van der Waals surface area (Å²) in [5, 5.41) is 3.68. The second-order valence-corrected chi connectivity index (χ2v) is 5.15. The van der Waals surface area contributed by atoms with E-state index in [-0.39, 0.29) is 5.91 Å². The fraction of sp³-hybridized carbons (Fsp3) is 0.235. The first kappa shape index (κ1) is 14.6. The molecule has 0 atom stereocenters. The Morgan fingerprint density at radius 2 is 1.55 bits per heavy atom. The summed E-state index contributed by atoms with van der Waals surface area (Å²) >= 11 is 5.83. The summed E-state index contributed by atoms with van der Waals surface area (Å²) < 4.78 is 0. The van der Waals surface area contributed by atoms with E-state index >= 15 is 0 Å². The molecule has 2 aromatic carbocycles. The maximum Gasteiger partial charge on any atom is 0.220 e. The van der Waals surface area contributed by atoms with Gasteiger partial charge in [-0.25, -0.2) is 0 Å². The molecule has 0 unspecified atom stereocenters.